The monoisotopic (exact) mass is 557 g/mol. The van der Waals surface area contributed by atoms with Crippen molar-refractivity contribution < 1.29 is 9.53 Å². The van der Waals surface area contributed by atoms with Crippen LogP contribution in [0.3, 0.4) is 0 Å². The lowest BCUT2D eigenvalue weighted by atomic mass is 9.92. The largest absolute Gasteiger partial charge is 0.401 e. The Morgan fingerprint density at radius 3 is 2.61 bits per heavy atom. The van der Waals surface area contributed by atoms with Crippen molar-refractivity contribution in [2.75, 3.05) is 43.6 Å². The van der Waals surface area contributed by atoms with Crippen LogP contribution in [0.15, 0.2) is 41.4 Å². The van der Waals surface area contributed by atoms with E-state index in [4.69, 9.17) is 33.7 Å². The third-order valence-corrected chi connectivity index (χ3v) is 6.46. The number of benzene rings is 1. The fourth-order valence-electron chi connectivity index (χ4n) is 3.53. The van der Waals surface area contributed by atoms with Crippen LogP contribution in [0, 0.1) is 5.41 Å². The number of ether oxygens (including phenoxy) is 1. The van der Waals surface area contributed by atoms with Crippen LogP contribution in [0.1, 0.15) is 31.1 Å². The van der Waals surface area contributed by atoms with Crippen LogP contribution in [0.4, 0.5) is 17.5 Å². The Hall–Kier alpha value is -3.54. The van der Waals surface area contributed by atoms with E-state index in [0.717, 1.165) is 0 Å². The lowest BCUT2D eigenvalue weighted by molar-refractivity contribution is 0.0977. The number of nitrogens with two attached hydrogens (primary N) is 1. The first-order valence-corrected chi connectivity index (χ1v) is 12.6. The number of nitrogens with one attached hydrogen (secondary N) is 2. The van der Waals surface area contributed by atoms with E-state index in [1.54, 1.807) is 25.4 Å². The van der Waals surface area contributed by atoms with E-state index >= 15 is 0 Å². The standard InChI is InChI=1S/C25H29Cl2N9O2/c1-25(2,3)18(28)11-19(29-4)34-23(37)15-9-14(26)10-16(20(15)27)33-22-21-17(31-13-32-22)12-30-24(35-21)36-5-7-38-8-6-36/h9-13H,5-8,28H2,1-4H3,(H,29,34,37)(H,31,32,33). The number of rotatable bonds is 5. The molecular formula is C25H29Cl2N9O2. The second-order valence-corrected chi connectivity index (χ2v) is 10.4. The molecule has 0 aliphatic carbocycles. The molecule has 0 radical (unpaired) electrons. The summed E-state index contributed by atoms with van der Waals surface area (Å²) in [4.78, 5) is 37.1. The summed E-state index contributed by atoms with van der Waals surface area (Å²) >= 11 is 13.0. The van der Waals surface area contributed by atoms with Gasteiger partial charge in [-0.15, -0.1) is 0 Å². The molecule has 1 aliphatic rings. The molecule has 1 saturated heterocycles. The first kappa shape index (κ1) is 27.5. The highest BCUT2D eigenvalue weighted by Gasteiger charge is 2.20. The maximum absolute atomic E-state index is 13.2. The Bertz CT molecular complexity index is 1410. The van der Waals surface area contributed by atoms with E-state index < -0.39 is 5.91 Å². The van der Waals surface area contributed by atoms with Gasteiger partial charge in [-0.3, -0.25) is 9.79 Å². The molecule has 0 atom stereocenters. The number of allylic oxidation sites excluding steroid dienone is 1. The van der Waals surface area contributed by atoms with Gasteiger partial charge in [-0.05, 0) is 18.2 Å². The molecule has 0 spiro atoms. The molecular weight excluding hydrogens is 529 g/mol. The maximum Gasteiger partial charge on any atom is 0.258 e. The van der Waals surface area contributed by atoms with E-state index in [1.807, 2.05) is 25.7 Å². The third-order valence-electron chi connectivity index (χ3n) is 5.83. The summed E-state index contributed by atoms with van der Waals surface area (Å²) in [5, 5.41) is 6.34. The van der Waals surface area contributed by atoms with Gasteiger partial charge >= 0.3 is 0 Å². The second-order valence-electron chi connectivity index (χ2n) is 9.58. The number of anilines is 3. The SMILES string of the molecule is CN=C(C=C(N)C(C)(C)C)NC(=O)c1cc(Cl)cc(Nc2ncnc3cnc(N4CCOCC4)nc23)c1Cl. The average molecular weight is 558 g/mol. The van der Waals surface area contributed by atoms with Crippen LogP contribution >= 0.6 is 23.2 Å². The minimum absolute atomic E-state index is 0.143. The number of carbonyl (C=O) groups excluding carboxylic acids is 1. The van der Waals surface area contributed by atoms with Gasteiger partial charge in [0, 0.05) is 36.3 Å². The summed E-state index contributed by atoms with van der Waals surface area (Å²) in [6.45, 7) is 8.45. The lowest BCUT2D eigenvalue weighted by Crippen LogP contribution is -2.37. The van der Waals surface area contributed by atoms with Gasteiger partial charge in [-0.1, -0.05) is 44.0 Å². The highest BCUT2D eigenvalue weighted by atomic mass is 35.5. The predicted molar refractivity (Wildman–Crippen MR) is 150 cm³/mol. The fraction of sp³-hybridized carbons (Fsp3) is 0.360. The van der Waals surface area contributed by atoms with Gasteiger partial charge < -0.3 is 26.0 Å². The molecule has 1 fully saturated rings. The number of fused-ring (bicyclic) bond motifs is 1. The molecule has 13 heteroatoms. The van der Waals surface area contributed by atoms with Gasteiger partial charge in [0.15, 0.2) is 5.82 Å². The van der Waals surface area contributed by atoms with Crippen molar-refractivity contribution in [2.45, 2.75) is 20.8 Å². The number of nitrogens with zero attached hydrogens (tertiary/aromatic N) is 6. The number of aromatic nitrogens is 4. The van der Waals surface area contributed by atoms with Crippen LogP contribution in [-0.4, -0.2) is 65.0 Å². The number of carbonyl (C=O) groups is 1. The number of amidine groups is 1. The first-order valence-electron chi connectivity index (χ1n) is 11.9. The van der Waals surface area contributed by atoms with Crippen molar-refractivity contribution in [3.05, 3.63) is 52.0 Å². The van der Waals surface area contributed by atoms with Crippen LogP contribution in [-0.2, 0) is 4.74 Å². The lowest BCUT2D eigenvalue weighted by Gasteiger charge is -2.26. The van der Waals surface area contributed by atoms with Crippen LogP contribution in [0.2, 0.25) is 10.0 Å². The first-order chi connectivity index (χ1) is 18.1. The average Bonchev–Trinajstić information content (AvgIpc) is 2.89. The third kappa shape index (κ3) is 6.29. The van der Waals surface area contributed by atoms with Crippen molar-refractivity contribution >= 4 is 63.4 Å². The van der Waals surface area contributed by atoms with Crippen molar-refractivity contribution in [1.29, 1.82) is 0 Å². The van der Waals surface area contributed by atoms with E-state index in [0.29, 0.717) is 71.3 Å². The molecule has 200 valence electrons. The number of halogens is 2. The Morgan fingerprint density at radius 1 is 1.18 bits per heavy atom. The quantitative estimate of drug-likeness (QED) is 0.313. The normalized spacial score (nSPS) is 15.1. The zero-order chi connectivity index (χ0) is 27.4. The second kappa shape index (κ2) is 11.5. The smallest absolute Gasteiger partial charge is 0.258 e. The Morgan fingerprint density at radius 2 is 1.92 bits per heavy atom. The van der Waals surface area contributed by atoms with Crippen molar-refractivity contribution in [3.8, 4) is 0 Å². The summed E-state index contributed by atoms with van der Waals surface area (Å²) in [7, 11) is 1.56. The van der Waals surface area contributed by atoms with E-state index in [9.17, 15) is 4.79 Å². The molecule has 1 aliphatic heterocycles. The Balaban J connectivity index is 1.64. The molecule has 38 heavy (non-hydrogen) atoms. The summed E-state index contributed by atoms with van der Waals surface area (Å²) < 4.78 is 5.42. The molecule has 1 aromatic carbocycles. The van der Waals surface area contributed by atoms with E-state index in [2.05, 4.69) is 35.6 Å². The van der Waals surface area contributed by atoms with Gasteiger partial charge in [-0.25, -0.2) is 19.9 Å². The summed E-state index contributed by atoms with van der Waals surface area (Å²) in [5.41, 5.74) is 7.97. The topological polar surface area (TPSA) is 144 Å². The van der Waals surface area contributed by atoms with Gasteiger partial charge in [0.1, 0.15) is 23.2 Å². The van der Waals surface area contributed by atoms with Crippen LogP contribution in [0.5, 0.6) is 0 Å². The molecule has 4 N–H and O–H groups in total. The summed E-state index contributed by atoms with van der Waals surface area (Å²) in [6.07, 6.45) is 4.65. The zero-order valence-corrected chi connectivity index (χ0v) is 23.1. The number of aliphatic imine (C=N–C) groups is 1. The van der Waals surface area contributed by atoms with Gasteiger partial charge in [-0.2, -0.15) is 0 Å². The number of hydrogen-bond donors (Lipinski definition) is 3. The zero-order valence-electron chi connectivity index (χ0n) is 21.5. The molecule has 0 unspecified atom stereocenters. The van der Waals surface area contributed by atoms with E-state index in [1.165, 1.54) is 12.4 Å². The van der Waals surface area contributed by atoms with Gasteiger partial charge in [0.2, 0.25) is 5.95 Å². The summed E-state index contributed by atoms with van der Waals surface area (Å²) in [5.74, 6) is 0.731. The van der Waals surface area contributed by atoms with Crippen LogP contribution < -0.4 is 21.3 Å². The van der Waals surface area contributed by atoms with Crippen molar-refractivity contribution in [2.24, 2.45) is 16.1 Å². The molecule has 11 nitrogen and oxygen atoms in total. The van der Waals surface area contributed by atoms with Gasteiger partial charge in [0.05, 0.1) is 35.7 Å². The van der Waals surface area contributed by atoms with Crippen LogP contribution in [0.25, 0.3) is 11.0 Å². The molecule has 2 aromatic heterocycles. The molecule has 4 rings (SSSR count). The minimum Gasteiger partial charge on any atom is -0.401 e. The minimum atomic E-state index is -0.497. The highest BCUT2D eigenvalue weighted by molar-refractivity contribution is 6.39. The van der Waals surface area contributed by atoms with Gasteiger partial charge in [0.25, 0.3) is 5.91 Å². The molecule has 3 aromatic rings. The highest BCUT2D eigenvalue weighted by Crippen LogP contribution is 2.33. The Kier molecular flexibility index (Phi) is 8.29. The molecule has 0 saturated carbocycles. The number of hydrogen-bond acceptors (Lipinski definition) is 10. The number of amides is 1. The Labute approximate surface area is 230 Å². The van der Waals surface area contributed by atoms with E-state index in [-0.39, 0.29) is 16.0 Å². The molecule has 1 amide bonds. The molecule has 0 bridgehead atoms. The molecule has 3 heterocycles. The van der Waals surface area contributed by atoms with Crippen molar-refractivity contribution in [3.63, 3.8) is 0 Å². The summed E-state index contributed by atoms with van der Waals surface area (Å²) in [6, 6.07) is 3.08. The predicted octanol–water partition coefficient (Wildman–Crippen LogP) is 3.95. The number of morpholine rings is 1. The maximum atomic E-state index is 13.2. The van der Waals surface area contributed by atoms with Crippen molar-refractivity contribution in [1.82, 2.24) is 25.3 Å². The fourth-order valence-corrected chi connectivity index (χ4v) is 3.99.